The van der Waals surface area contributed by atoms with Gasteiger partial charge in [0.05, 0.1) is 22.9 Å². The number of hydrogen-bond donors (Lipinski definition) is 2. The summed E-state index contributed by atoms with van der Waals surface area (Å²) in [5, 5.41) is 10.2. The third kappa shape index (κ3) is 4.61. The number of halogens is 6. The molecule has 0 saturated heterocycles. The maximum absolute atomic E-state index is 14.3. The van der Waals surface area contributed by atoms with Crippen molar-refractivity contribution in [3.63, 3.8) is 0 Å². The number of benzene rings is 3. The second-order valence-corrected chi connectivity index (χ2v) is 10.4. The maximum Gasteiger partial charge on any atom is 0.416 e. The molecule has 1 unspecified atom stereocenters. The maximum atomic E-state index is 14.3. The van der Waals surface area contributed by atoms with Gasteiger partial charge in [0.2, 0.25) is 0 Å². The van der Waals surface area contributed by atoms with E-state index in [2.05, 4.69) is 15.7 Å². The molecule has 2 amide bonds. The molecule has 214 valence electrons. The van der Waals surface area contributed by atoms with E-state index in [9.17, 15) is 36.3 Å². The summed E-state index contributed by atoms with van der Waals surface area (Å²) in [4.78, 5) is 38.7. The van der Waals surface area contributed by atoms with E-state index >= 15 is 0 Å². The van der Waals surface area contributed by atoms with Gasteiger partial charge in [0.15, 0.2) is 5.78 Å². The summed E-state index contributed by atoms with van der Waals surface area (Å²) < 4.78 is 69.8. The fraction of sp³-hybridized carbons (Fsp3) is 0.172. The van der Waals surface area contributed by atoms with Gasteiger partial charge in [-0.2, -0.15) is 18.3 Å². The van der Waals surface area contributed by atoms with Gasteiger partial charge >= 0.3 is 6.18 Å². The minimum absolute atomic E-state index is 0.0172. The van der Waals surface area contributed by atoms with Crippen molar-refractivity contribution in [3.05, 3.63) is 98.2 Å². The van der Waals surface area contributed by atoms with E-state index in [0.717, 1.165) is 12.1 Å². The number of allylic oxidation sites excluding steroid dienone is 1. The van der Waals surface area contributed by atoms with Gasteiger partial charge < -0.3 is 10.6 Å². The predicted molar refractivity (Wildman–Crippen MR) is 143 cm³/mol. The number of Topliss-reactive ketones (excluding diaryl/α,β-unsaturated/α-hetero) is 1. The molecule has 2 heterocycles. The normalized spacial score (nSPS) is 17.4. The largest absolute Gasteiger partial charge is 0.416 e. The molecule has 7 nitrogen and oxygen atoms in total. The molecule has 1 aliphatic carbocycles. The molecule has 0 bridgehead atoms. The monoisotopic (exact) mass is 600 g/mol. The first kappa shape index (κ1) is 27.6. The smallest absolute Gasteiger partial charge is 0.341 e. The Balaban J connectivity index is 1.56. The first-order chi connectivity index (χ1) is 19.8. The number of carbonyl (C=O) groups is 3. The highest BCUT2D eigenvalue weighted by molar-refractivity contribution is 6.31. The second kappa shape index (κ2) is 9.76. The lowest BCUT2D eigenvalue weighted by Gasteiger charge is -2.19. The SMILES string of the molecule is Cn1nc2c3c(c(NC(=O)c4cc(F)cc(C(F)(F)F)c4)cc2c1/C=C1/CCC1=O)C(c1cc(F)ccc1Cl)NC3=O. The van der Waals surface area contributed by atoms with Gasteiger partial charge in [-0.1, -0.05) is 11.6 Å². The summed E-state index contributed by atoms with van der Waals surface area (Å²) in [5.41, 5.74) is -0.513. The van der Waals surface area contributed by atoms with Crippen molar-refractivity contribution < 1.29 is 36.3 Å². The minimum Gasteiger partial charge on any atom is -0.341 e. The molecule has 1 atom stereocenters. The fourth-order valence-electron chi connectivity index (χ4n) is 5.18. The molecule has 2 aliphatic rings. The molecule has 0 spiro atoms. The number of ketones is 1. The summed E-state index contributed by atoms with van der Waals surface area (Å²) in [6.45, 7) is 0. The number of hydrogen-bond acceptors (Lipinski definition) is 4. The molecule has 6 rings (SSSR count). The van der Waals surface area contributed by atoms with Crippen molar-refractivity contribution in [3.8, 4) is 0 Å². The molecular formula is C29H18ClF5N4O3. The number of fused-ring (bicyclic) bond motifs is 3. The van der Waals surface area contributed by atoms with Crippen LogP contribution in [-0.4, -0.2) is 27.4 Å². The fourth-order valence-corrected chi connectivity index (χ4v) is 5.41. The zero-order valence-corrected chi connectivity index (χ0v) is 22.3. The number of carbonyl (C=O) groups excluding carboxylic acids is 3. The van der Waals surface area contributed by atoms with E-state index in [4.69, 9.17) is 11.6 Å². The Morgan fingerprint density at radius 2 is 1.86 bits per heavy atom. The molecule has 1 aliphatic heterocycles. The van der Waals surface area contributed by atoms with E-state index in [-0.39, 0.29) is 44.8 Å². The average molecular weight is 601 g/mol. The third-order valence-electron chi connectivity index (χ3n) is 7.30. The Morgan fingerprint density at radius 3 is 2.52 bits per heavy atom. The first-order valence-corrected chi connectivity index (χ1v) is 12.9. The van der Waals surface area contributed by atoms with Crippen LogP contribution in [-0.2, 0) is 18.0 Å². The van der Waals surface area contributed by atoms with Gasteiger partial charge in [-0.05, 0) is 60.5 Å². The molecule has 2 N–H and O–H groups in total. The topological polar surface area (TPSA) is 93.1 Å². The van der Waals surface area contributed by atoms with Crippen LogP contribution in [0.15, 0.2) is 48.0 Å². The van der Waals surface area contributed by atoms with Crippen LogP contribution in [0.1, 0.15) is 62.0 Å². The van der Waals surface area contributed by atoms with Crippen LogP contribution < -0.4 is 10.6 Å². The summed E-state index contributed by atoms with van der Waals surface area (Å²) in [6.07, 6.45) is -2.36. The average Bonchev–Trinajstić information content (AvgIpc) is 3.42. The first-order valence-electron chi connectivity index (χ1n) is 12.5. The molecular weight excluding hydrogens is 583 g/mol. The lowest BCUT2D eigenvalue weighted by Crippen LogP contribution is -2.21. The minimum atomic E-state index is -4.91. The number of nitrogens with one attached hydrogen (secondary N) is 2. The Morgan fingerprint density at radius 1 is 1.10 bits per heavy atom. The summed E-state index contributed by atoms with van der Waals surface area (Å²) in [6, 6.07) is 5.32. The van der Waals surface area contributed by atoms with Gasteiger partial charge in [0.1, 0.15) is 17.2 Å². The molecule has 3 aromatic carbocycles. The summed E-state index contributed by atoms with van der Waals surface area (Å²) in [7, 11) is 1.60. The lowest BCUT2D eigenvalue weighted by molar-refractivity contribution is -0.137. The van der Waals surface area contributed by atoms with Gasteiger partial charge in [-0.3, -0.25) is 19.1 Å². The number of rotatable bonds is 4. The van der Waals surface area contributed by atoms with Crippen molar-refractivity contribution in [2.24, 2.45) is 7.05 Å². The number of nitrogens with zero attached hydrogens (tertiary/aromatic N) is 2. The third-order valence-corrected chi connectivity index (χ3v) is 7.65. The van der Waals surface area contributed by atoms with Crippen molar-refractivity contribution >= 4 is 51.9 Å². The second-order valence-electron chi connectivity index (χ2n) is 9.96. The van der Waals surface area contributed by atoms with Crippen LogP contribution in [0.2, 0.25) is 5.02 Å². The van der Waals surface area contributed by atoms with Crippen molar-refractivity contribution in [1.82, 2.24) is 15.1 Å². The predicted octanol–water partition coefficient (Wildman–Crippen LogP) is 6.36. The Kier molecular flexibility index (Phi) is 6.41. The van der Waals surface area contributed by atoms with Gasteiger partial charge in [0.25, 0.3) is 11.8 Å². The summed E-state index contributed by atoms with van der Waals surface area (Å²) in [5.74, 6) is -3.70. The summed E-state index contributed by atoms with van der Waals surface area (Å²) >= 11 is 6.35. The number of aryl methyl sites for hydroxylation is 1. The molecule has 42 heavy (non-hydrogen) atoms. The molecule has 1 saturated carbocycles. The van der Waals surface area contributed by atoms with E-state index in [1.165, 1.54) is 16.8 Å². The van der Waals surface area contributed by atoms with E-state index in [1.54, 1.807) is 13.1 Å². The van der Waals surface area contributed by atoms with Crippen molar-refractivity contribution in [2.75, 3.05) is 5.32 Å². The number of anilines is 1. The molecule has 4 aromatic rings. The van der Waals surface area contributed by atoms with Crippen molar-refractivity contribution in [2.45, 2.75) is 25.1 Å². The van der Waals surface area contributed by atoms with Crippen LogP contribution in [0.4, 0.5) is 27.6 Å². The zero-order valence-electron chi connectivity index (χ0n) is 21.5. The van der Waals surface area contributed by atoms with Crippen LogP contribution in [0.25, 0.3) is 17.0 Å². The van der Waals surface area contributed by atoms with E-state index in [1.807, 2.05) is 0 Å². The van der Waals surface area contributed by atoms with E-state index < -0.39 is 46.8 Å². The quantitative estimate of drug-likeness (QED) is 0.211. The van der Waals surface area contributed by atoms with Gasteiger partial charge in [-0.15, -0.1) is 0 Å². The zero-order chi connectivity index (χ0) is 30.1. The van der Waals surface area contributed by atoms with Crippen LogP contribution in [0.5, 0.6) is 0 Å². The van der Waals surface area contributed by atoms with E-state index in [0.29, 0.717) is 41.6 Å². The molecule has 0 radical (unpaired) electrons. The van der Waals surface area contributed by atoms with Gasteiger partial charge in [-0.25, -0.2) is 8.78 Å². The number of alkyl halides is 3. The molecule has 13 heteroatoms. The van der Waals surface area contributed by atoms with Crippen LogP contribution in [0, 0.1) is 11.6 Å². The van der Waals surface area contributed by atoms with Crippen LogP contribution in [0.3, 0.4) is 0 Å². The number of aromatic nitrogens is 2. The molecule has 1 aromatic heterocycles. The van der Waals surface area contributed by atoms with Crippen LogP contribution >= 0.6 is 11.6 Å². The lowest BCUT2D eigenvalue weighted by atomic mass is 9.89. The Labute approximate surface area is 238 Å². The number of amides is 2. The Hall–Kier alpha value is -4.58. The standard InChI is InChI=1S/C29H18ClF5N4O3/c1-39-21(8-12-2-5-22(12)40)18-11-20(36-27(41)13-6-14(29(33,34)35)9-16(32)7-13)23-24(26(18)38-39)28(42)37-25(23)17-10-15(31)3-4-19(17)30/h3-4,6-11,25H,2,5H2,1H3,(H,36,41)(H,37,42)/b12-8-. The highest BCUT2D eigenvalue weighted by Gasteiger charge is 2.38. The highest BCUT2D eigenvalue weighted by Crippen LogP contribution is 2.44. The van der Waals surface area contributed by atoms with Crippen molar-refractivity contribution in [1.29, 1.82) is 0 Å². The highest BCUT2D eigenvalue weighted by atomic mass is 35.5. The van der Waals surface area contributed by atoms with Gasteiger partial charge in [0, 0.05) is 46.3 Å². The molecule has 1 fully saturated rings. The Bertz CT molecular complexity index is 1900.